The minimum absolute atomic E-state index is 0.149. The molecule has 0 saturated heterocycles. The zero-order valence-electron chi connectivity index (χ0n) is 13.9. The molecule has 2 rings (SSSR count). The lowest BCUT2D eigenvalue weighted by Crippen LogP contribution is -2.33. The summed E-state index contributed by atoms with van der Waals surface area (Å²) in [4.78, 5) is 0. The van der Waals surface area contributed by atoms with Crippen molar-refractivity contribution in [3.05, 3.63) is 17.0 Å². The summed E-state index contributed by atoms with van der Waals surface area (Å²) >= 11 is 0. The van der Waals surface area contributed by atoms with Gasteiger partial charge in [0.1, 0.15) is 0 Å². The fourth-order valence-corrected chi connectivity index (χ4v) is 3.61. The van der Waals surface area contributed by atoms with E-state index in [1.54, 1.807) is 0 Å². The number of hydrogen-bond acceptors (Lipinski definition) is 3. The van der Waals surface area contributed by atoms with Crippen molar-refractivity contribution in [1.29, 1.82) is 0 Å². The highest BCUT2D eigenvalue weighted by molar-refractivity contribution is 5.24. The Morgan fingerprint density at radius 1 is 1.24 bits per heavy atom. The maximum absolute atomic E-state index is 9.07. The first kappa shape index (κ1) is 16.5. The standard InChI is InChI=1S/C17H31N3O/c1-4-5-15-6-8-16(9-7-15)18-12-17-13(2)19-20(10-11-21)14(17)3/h15-16,18,21H,4-12H2,1-3H3. The van der Waals surface area contributed by atoms with Crippen LogP contribution in [0.4, 0.5) is 0 Å². The van der Waals surface area contributed by atoms with Crippen LogP contribution in [-0.4, -0.2) is 27.5 Å². The van der Waals surface area contributed by atoms with Crippen LogP contribution in [0.5, 0.6) is 0 Å². The van der Waals surface area contributed by atoms with Crippen molar-refractivity contribution in [3.63, 3.8) is 0 Å². The highest BCUT2D eigenvalue weighted by atomic mass is 16.3. The fourth-order valence-electron chi connectivity index (χ4n) is 3.61. The van der Waals surface area contributed by atoms with Gasteiger partial charge in [0.05, 0.1) is 18.8 Å². The van der Waals surface area contributed by atoms with Gasteiger partial charge in [-0.05, 0) is 45.4 Å². The molecule has 0 radical (unpaired) electrons. The van der Waals surface area contributed by atoms with E-state index in [0.29, 0.717) is 12.6 Å². The number of nitrogens with one attached hydrogen (secondary N) is 1. The Morgan fingerprint density at radius 2 is 1.95 bits per heavy atom. The highest BCUT2D eigenvalue weighted by Gasteiger charge is 2.21. The molecule has 1 aromatic rings. The summed E-state index contributed by atoms with van der Waals surface area (Å²) in [6, 6.07) is 0.665. The lowest BCUT2D eigenvalue weighted by Gasteiger charge is -2.29. The summed E-state index contributed by atoms with van der Waals surface area (Å²) in [6.45, 7) is 8.11. The normalized spacial score (nSPS) is 22.7. The zero-order valence-corrected chi connectivity index (χ0v) is 13.9. The van der Waals surface area contributed by atoms with E-state index in [1.165, 1.54) is 49.8 Å². The molecular weight excluding hydrogens is 262 g/mol. The van der Waals surface area contributed by atoms with Crippen LogP contribution >= 0.6 is 0 Å². The summed E-state index contributed by atoms with van der Waals surface area (Å²) in [7, 11) is 0. The average Bonchev–Trinajstić information content (AvgIpc) is 2.74. The topological polar surface area (TPSA) is 50.1 Å². The van der Waals surface area contributed by atoms with Crippen LogP contribution in [0.15, 0.2) is 0 Å². The first-order valence-electron chi connectivity index (χ1n) is 8.52. The Bertz CT molecular complexity index is 433. The second-order valence-electron chi connectivity index (χ2n) is 6.48. The van der Waals surface area contributed by atoms with Gasteiger partial charge >= 0.3 is 0 Å². The molecule has 0 unspecified atom stereocenters. The Kier molecular flexibility index (Phi) is 6.24. The van der Waals surface area contributed by atoms with E-state index in [9.17, 15) is 0 Å². The molecule has 1 fully saturated rings. The summed E-state index contributed by atoms with van der Waals surface area (Å²) < 4.78 is 1.92. The molecule has 120 valence electrons. The predicted molar refractivity (Wildman–Crippen MR) is 86.3 cm³/mol. The van der Waals surface area contributed by atoms with E-state index in [4.69, 9.17) is 5.11 Å². The van der Waals surface area contributed by atoms with E-state index in [0.717, 1.165) is 18.2 Å². The SMILES string of the molecule is CCCC1CCC(NCc2c(C)nn(CCO)c2C)CC1. The molecule has 1 aromatic heterocycles. The van der Waals surface area contributed by atoms with Gasteiger partial charge in [-0.3, -0.25) is 4.68 Å². The molecule has 0 amide bonds. The largest absolute Gasteiger partial charge is 0.394 e. The molecule has 0 spiro atoms. The zero-order chi connectivity index (χ0) is 15.2. The van der Waals surface area contributed by atoms with Crippen LogP contribution in [0.3, 0.4) is 0 Å². The summed E-state index contributed by atoms with van der Waals surface area (Å²) in [6.07, 6.45) is 8.12. The predicted octanol–water partition coefficient (Wildman–Crippen LogP) is 2.94. The minimum Gasteiger partial charge on any atom is -0.394 e. The summed E-state index contributed by atoms with van der Waals surface area (Å²) in [5.41, 5.74) is 3.58. The van der Waals surface area contributed by atoms with Crippen LogP contribution in [0.1, 0.15) is 62.4 Å². The molecule has 21 heavy (non-hydrogen) atoms. The number of aliphatic hydroxyl groups is 1. The van der Waals surface area contributed by atoms with E-state index in [1.807, 2.05) is 4.68 Å². The second-order valence-corrected chi connectivity index (χ2v) is 6.48. The maximum atomic E-state index is 9.07. The van der Waals surface area contributed by atoms with Gasteiger partial charge in [-0.2, -0.15) is 5.10 Å². The van der Waals surface area contributed by atoms with E-state index < -0.39 is 0 Å². The van der Waals surface area contributed by atoms with Gasteiger partial charge in [0.2, 0.25) is 0 Å². The number of rotatable bonds is 7. The van der Waals surface area contributed by atoms with Gasteiger partial charge in [-0.15, -0.1) is 0 Å². The number of aliphatic hydroxyl groups excluding tert-OH is 1. The maximum Gasteiger partial charge on any atom is 0.0644 e. The van der Waals surface area contributed by atoms with Crippen LogP contribution in [-0.2, 0) is 13.1 Å². The third kappa shape index (κ3) is 4.30. The van der Waals surface area contributed by atoms with Crippen molar-refractivity contribution in [2.24, 2.45) is 5.92 Å². The molecule has 0 aliphatic heterocycles. The Labute approximate surface area is 128 Å². The highest BCUT2D eigenvalue weighted by Crippen LogP contribution is 2.28. The number of nitrogens with zero attached hydrogens (tertiary/aromatic N) is 2. The van der Waals surface area contributed by atoms with Crippen molar-refractivity contribution in [3.8, 4) is 0 Å². The third-order valence-corrected chi connectivity index (χ3v) is 4.95. The van der Waals surface area contributed by atoms with Crippen LogP contribution in [0.2, 0.25) is 0 Å². The van der Waals surface area contributed by atoms with Crippen LogP contribution in [0.25, 0.3) is 0 Å². The molecule has 0 atom stereocenters. The second kappa shape index (κ2) is 7.95. The van der Waals surface area contributed by atoms with Crippen LogP contribution in [0, 0.1) is 19.8 Å². The van der Waals surface area contributed by atoms with Gasteiger partial charge in [-0.25, -0.2) is 0 Å². The molecule has 4 heteroatoms. The molecule has 2 N–H and O–H groups in total. The number of aromatic nitrogens is 2. The van der Waals surface area contributed by atoms with Gasteiger partial charge in [0, 0.05) is 23.8 Å². The van der Waals surface area contributed by atoms with E-state index in [2.05, 4.69) is 31.2 Å². The van der Waals surface area contributed by atoms with Crippen molar-refractivity contribution in [2.45, 2.75) is 78.4 Å². The summed E-state index contributed by atoms with van der Waals surface area (Å²) in [5.74, 6) is 0.962. The molecule has 1 aliphatic carbocycles. The average molecular weight is 293 g/mol. The van der Waals surface area contributed by atoms with Gasteiger partial charge in [0.15, 0.2) is 0 Å². The molecule has 1 saturated carbocycles. The number of hydrogen-bond donors (Lipinski definition) is 2. The molecule has 0 bridgehead atoms. The molecular formula is C17H31N3O. The van der Waals surface area contributed by atoms with E-state index in [-0.39, 0.29) is 6.61 Å². The Morgan fingerprint density at radius 3 is 2.57 bits per heavy atom. The first-order chi connectivity index (χ1) is 10.2. The lowest BCUT2D eigenvalue weighted by molar-refractivity contribution is 0.267. The molecule has 0 aromatic carbocycles. The smallest absolute Gasteiger partial charge is 0.0644 e. The van der Waals surface area contributed by atoms with Gasteiger partial charge < -0.3 is 10.4 Å². The Hall–Kier alpha value is -0.870. The van der Waals surface area contributed by atoms with Gasteiger partial charge in [-0.1, -0.05) is 19.8 Å². The van der Waals surface area contributed by atoms with Gasteiger partial charge in [0.25, 0.3) is 0 Å². The Balaban J connectivity index is 1.84. The summed E-state index contributed by atoms with van der Waals surface area (Å²) in [5, 5.41) is 17.3. The monoisotopic (exact) mass is 293 g/mol. The molecule has 1 heterocycles. The quantitative estimate of drug-likeness (QED) is 0.812. The van der Waals surface area contributed by atoms with E-state index >= 15 is 0 Å². The first-order valence-corrected chi connectivity index (χ1v) is 8.52. The van der Waals surface area contributed by atoms with Crippen molar-refractivity contribution in [1.82, 2.24) is 15.1 Å². The molecule has 1 aliphatic rings. The number of aryl methyl sites for hydroxylation is 1. The van der Waals surface area contributed by atoms with Crippen LogP contribution < -0.4 is 5.32 Å². The molecule has 4 nitrogen and oxygen atoms in total. The van der Waals surface area contributed by atoms with Crippen molar-refractivity contribution >= 4 is 0 Å². The third-order valence-electron chi connectivity index (χ3n) is 4.95. The minimum atomic E-state index is 0.149. The van der Waals surface area contributed by atoms with Crippen molar-refractivity contribution < 1.29 is 5.11 Å². The lowest BCUT2D eigenvalue weighted by atomic mass is 9.83. The fraction of sp³-hybridized carbons (Fsp3) is 0.824. The van der Waals surface area contributed by atoms with Crippen molar-refractivity contribution in [2.75, 3.05) is 6.61 Å².